The third-order valence-electron chi connectivity index (χ3n) is 5.05. The van der Waals surface area contributed by atoms with Crippen molar-refractivity contribution < 1.29 is 4.79 Å². The molecular formula is C25H20N4O2S. The highest BCUT2D eigenvalue weighted by molar-refractivity contribution is 7.99. The molecule has 0 aliphatic heterocycles. The second kappa shape index (κ2) is 9.50. The highest BCUT2D eigenvalue weighted by Crippen LogP contribution is 2.23. The van der Waals surface area contributed by atoms with Crippen LogP contribution < -0.4 is 10.9 Å². The van der Waals surface area contributed by atoms with Gasteiger partial charge in [-0.05, 0) is 29.3 Å². The fourth-order valence-corrected chi connectivity index (χ4v) is 4.08. The Hall–Kier alpha value is -3.89. The van der Waals surface area contributed by atoms with E-state index >= 15 is 0 Å². The molecule has 0 bridgehead atoms. The van der Waals surface area contributed by atoms with Gasteiger partial charge in [-0.15, -0.1) is 0 Å². The summed E-state index contributed by atoms with van der Waals surface area (Å²) in [6.07, 6.45) is 0. The van der Waals surface area contributed by atoms with Crippen LogP contribution in [0, 0.1) is 11.3 Å². The molecule has 7 heteroatoms. The lowest BCUT2D eigenvalue weighted by molar-refractivity contribution is -0.119. The third kappa shape index (κ3) is 4.71. The number of rotatable bonds is 6. The van der Waals surface area contributed by atoms with Crippen LogP contribution in [0.5, 0.6) is 0 Å². The third-order valence-corrected chi connectivity index (χ3v) is 5.92. The highest BCUT2D eigenvalue weighted by Gasteiger charge is 2.15. The van der Waals surface area contributed by atoms with Crippen LogP contribution in [0.4, 0.5) is 0 Å². The van der Waals surface area contributed by atoms with E-state index in [1.54, 1.807) is 12.1 Å². The summed E-state index contributed by atoms with van der Waals surface area (Å²) < 4.78 is 0. The zero-order valence-electron chi connectivity index (χ0n) is 17.3. The molecule has 1 amide bonds. The molecule has 158 valence electrons. The molecule has 0 radical (unpaired) electrons. The molecule has 0 saturated carbocycles. The summed E-state index contributed by atoms with van der Waals surface area (Å²) >= 11 is 1.12. The molecule has 1 atom stereocenters. The quantitative estimate of drug-likeness (QED) is 0.341. The van der Waals surface area contributed by atoms with Crippen LogP contribution in [-0.2, 0) is 4.79 Å². The molecule has 3 aromatic carbocycles. The first kappa shape index (κ1) is 21.3. The average molecular weight is 441 g/mol. The Labute approximate surface area is 189 Å². The number of benzene rings is 3. The van der Waals surface area contributed by atoms with Crippen molar-refractivity contribution in [2.75, 3.05) is 5.75 Å². The van der Waals surface area contributed by atoms with Crippen LogP contribution >= 0.6 is 11.8 Å². The summed E-state index contributed by atoms with van der Waals surface area (Å²) in [6, 6.07) is 25.0. The molecule has 4 rings (SSSR count). The highest BCUT2D eigenvalue weighted by atomic mass is 32.2. The molecule has 2 N–H and O–H groups in total. The summed E-state index contributed by atoms with van der Waals surface area (Å²) in [7, 11) is 0. The van der Waals surface area contributed by atoms with E-state index in [1.807, 2.05) is 67.6 Å². The second-order valence-corrected chi connectivity index (χ2v) is 8.22. The molecule has 32 heavy (non-hydrogen) atoms. The number of nitrogens with zero attached hydrogens (tertiary/aromatic N) is 2. The van der Waals surface area contributed by atoms with E-state index in [9.17, 15) is 14.9 Å². The van der Waals surface area contributed by atoms with E-state index in [4.69, 9.17) is 0 Å². The van der Waals surface area contributed by atoms with Gasteiger partial charge in [0.2, 0.25) is 5.91 Å². The SMILES string of the molecule is C[C@H](NC(=O)CSc1nc(-c2ccccc2)c(C#N)c(=O)[nH]1)c1ccc2ccccc2c1. The lowest BCUT2D eigenvalue weighted by atomic mass is 10.0. The number of carbonyl (C=O) groups is 1. The fraction of sp³-hybridized carbons (Fsp3) is 0.120. The Morgan fingerprint density at radius 2 is 1.81 bits per heavy atom. The van der Waals surface area contributed by atoms with Crippen LogP contribution in [-0.4, -0.2) is 21.6 Å². The number of carbonyl (C=O) groups excluding carboxylic acids is 1. The summed E-state index contributed by atoms with van der Waals surface area (Å²) in [5, 5.41) is 14.9. The number of hydrogen-bond donors (Lipinski definition) is 2. The van der Waals surface area contributed by atoms with Crippen LogP contribution in [0.15, 0.2) is 82.7 Å². The number of aromatic amines is 1. The summed E-state index contributed by atoms with van der Waals surface area (Å²) in [6.45, 7) is 1.93. The number of hydrogen-bond acceptors (Lipinski definition) is 5. The fourth-order valence-electron chi connectivity index (χ4n) is 3.41. The maximum Gasteiger partial charge on any atom is 0.270 e. The normalized spacial score (nSPS) is 11.6. The first-order valence-corrected chi connectivity index (χ1v) is 11.0. The molecule has 6 nitrogen and oxygen atoms in total. The Morgan fingerprint density at radius 3 is 2.56 bits per heavy atom. The van der Waals surface area contributed by atoms with Gasteiger partial charge < -0.3 is 10.3 Å². The minimum absolute atomic E-state index is 0.0464. The Bertz CT molecular complexity index is 1380. The first-order chi connectivity index (χ1) is 15.5. The molecule has 1 aromatic heterocycles. The lowest BCUT2D eigenvalue weighted by Gasteiger charge is -2.15. The zero-order chi connectivity index (χ0) is 22.5. The van der Waals surface area contributed by atoms with Gasteiger partial charge in [0.05, 0.1) is 17.5 Å². The number of nitriles is 1. The summed E-state index contributed by atoms with van der Waals surface area (Å²) in [4.78, 5) is 31.9. The number of thioether (sulfide) groups is 1. The first-order valence-electron chi connectivity index (χ1n) is 10.1. The molecule has 0 spiro atoms. The zero-order valence-corrected chi connectivity index (χ0v) is 18.1. The van der Waals surface area contributed by atoms with E-state index in [0.29, 0.717) is 16.4 Å². The van der Waals surface area contributed by atoms with Gasteiger partial charge in [-0.2, -0.15) is 5.26 Å². The molecular weight excluding hydrogens is 420 g/mol. The van der Waals surface area contributed by atoms with Crippen LogP contribution in [0.1, 0.15) is 24.1 Å². The van der Waals surface area contributed by atoms with Crippen molar-refractivity contribution in [2.45, 2.75) is 18.1 Å². The Morgan fingerprint density at radius 1 is 1.09 bits per heavy atom. The van der Waals surface area contributed by atoms with Gasteiger partial charge in [0, 0.05) is 5.56 Å². The standard InChI is InChI=1S/C25H20N4O2S/c1-16(19-12-11-17-7-5-6-10-20(17)13-19)27-22(30)15-32-25-28-23(18-8-3-2-4-9-18)21(14-26)24(31)29-25/h2-13,16H,15H2,1H3,(H,27,30)(H,28,29,31)/t16-/m0/s1. The molecule has 0 fully saturated rings. The largest absolute Gasteiger partial charge is 0.349 e. The van der Waals surface area contributed by atoms with Crippen molar-refractivity contribution in [1.29, 1.82) is 5.26 Å². The number of aromatic nitrogens is 2. The summed E-state index contributed by atoms with van der Waals surface area (Å²) in [5.41, 5.74) is 1.43. The molecule has 0 aliphatic rings. The summed E-state index contributed by atoms with van der Waals surface area (Å²) in [5.74, 6) is -0.0926. The Kier molecular flexibility index (Phi) is 6.34. The van der Waals surface area contributed by atoms with E-state index in [-0.39, 0.29) is 23.3 Å². The number of nitrogens with one attached hydrogen (secondary N) is 2. The topological polar surface area (TPSA) is 98.6 Å². The van der Waals surface area contributed by atoms with Crippen LogP contribution in [0.25, 0.3) is 22.0 Å². The van der Waals surface area contributed by atoms with Crippen molar-refractivity contribution >= 4 is 28.4 Å². The van der Waals surface area contributed by atoms with Gasteiger partial charge in [-0.25, -0.2) is 4.98 Å². The second-order valence-electron chi connectivity index (χ2n) is 7.26. The van der Waals surface area contributed by atoms with E-state index in [0.717, 1.165) is 28.1 Å². The molecule has 0 aliphatic carbocycles. The van der Waals surface area contributed by atoms with Gasteiger partial charge in [0.25, 0.3) is 5.56 Å². The minimum Gasteiger partial charge on any atom is -0.349 e. The van der Waals surface area contributed by atoms with Gasteiger partial charge >= 0.3 is 0 Å². The predicted molar refractivity (Wildman–Crippen MR) is 126 cm³/mol. The van der Waals surface area contributed by atoms with Crippen molar-refractivity contribution in [3.05, 3.63) is 94.3 Å². The minimum atomic E-state index is -0.520. The number of fused-ring (bicyclic) bond motifs is 1. The van der Waals surface area contributed by atoms with Gasteiger partial charge in [0.1, 0.15) is 11.6 Å². The van der Waals surface area contributed by atoms with Crippen molar-refractivity contribution in [2.24, 2.45) is 0 Å². The van der Waals surface area contributed by atoms with E-state index in [2.05, 4.69) is 21.4 Å². The van der Waals surface area contributed by atoms with Gasteiger partial charge in [0.15, 0.2) is 5.16 Å². The maximum atomic E-state index is 12.5. The van der Waals surface area contributed by atoms with Crippen molar-refractivity contribution in [3.63, 3.8) is 0 Å². The van der Waals surface area contributed by atoms with E-state index < -0.39 is 5.56 Å². The lowest BCUT2D eigenvalue weighted by Crippen LogP contribution is -2.28. The Balaban J connectivity index is 1.46. The van der Waals surface area contributed by atoms with Crippen LogP contribution in [0.2, 0.25) is 0 Å². The van der Waals surface area contributed by atoms with Crippen LogP contribution in [0.3, 0.4) is 0 Å². The molecule has 0 saturated heterocycles. The van der Waals surface area contributed by atoms with Crippen molar-refractivity contribution in [3.8, 4) is 17.3 Å². The number of amides is 1. The number of H-pyrrole nitrogens is 1. The monoisotopic (exact) mass is 440 g/mol. The average Bonchev–Trinajstić information content (AvgIpc) is 2.82. The maximum absolute atomic E-state index is 12.5. The molecule has 4 aromatic rings. The van der Waals surface area contributed by atoms with Gasteiger partial charge in [-0.1, -0.05) is 78.5 Å². The molecule has 1 heterocycles. The predicted octanol–water partition coefficient (Wildman–Crippen LogP) is 4.43. The molecule has 0 unspecified atom stereocenters. The smallest absolute Gasteiger partial charge is 0.270 e. The van der Waals surface area contributed by atoms with E-state index in [1.165, 1.54) is 0 Å². The van der Waals surface area contributed by atoms with Gasteiger partial charge in [-0.3, -0.25) is 9.59 Å². The van der Waals surface area contributed by atoms with Crippen molar-refractivity contribution in [1.82, 2.24) is 15.3 Å².